The Morgan fingerprint density at radius 1 is 1.34 bits per heavy atom. The second-order valence-electron chi connectivity index (χ2n) is 7.21. The van der Waals surface area contributed by atoms with Crippen molar-refractivity contribution >= 4 is 36.2 Å². The number of amides is 2. The van der Waals surface area contributed by atoms with Crippen molar-refractivity contribution in [1.82, 2.24) is 16.1 Å². The lowest BCUT2D eigenvalue weighted by Crippen LogP contribution is -2.48. The van der Waals surface area contributed by atoms with Crippen LogP contribution in [0.4, 0.5) is 4.79 Å². The van der Waals surface area contributed by atoms with Gasteiger partial charge in [-0.1, -0.05) is 37.6 Å². The highest BCUT2D eigenvalue weighted by atomic mass is 35.5. The van der Waals surface area contributed by atoms with E-state index in [1.165, 1.54) is 0 Å². The molecule has 0 radical (unpaired) electrons. The largest absolute Gasteiger partial charge is 0.480 e. The van der Waals surface area contributed by atoms with Gasteiger partial charge in [-0.2, -0.15) is 5.48 Å². The highest BCUT2D eigenvalue weighted by molar-refractivity contribution is 5.94. The van der Waals surface area contributed by atoms with E-state index < -0.39 is 30.1 Å². The molecule has 1 saturated heterocycles. The van der Waals surface area contributed by atoms with Gasteiger partial charge >= 0.3 is 12.1 Å². The first-order valence-corrected chi connectivity index (χ1v) is 10.1. The number of benzene rings is 1. The zero-order valence-corrected chi connectivity index (χ0v) is 18.6. The molecule has 1 unspecified atom stereocenters. The molecule has 1 aliphatic heterocycles. The van der Waals surface area contributed by atoms with Crippen molar-refractivity contribution < 1.29 is 29.1 Å². The molecular formula is C20H30ClN5O6. The Morgan fingerprint density at radius 2 is 2.03 bits per heavy atom. The van der Waals surface area contributed by atoms with E-state index in [2.05, 4.69) is 16.1 Å². The molecule has 0 bridgehead atoms. The molecule has 2 rings (SSSR count). The molecule has 1 aliphatic rings. The van der Waals surface area contributed by atoms with E-state index in [9.17, 15) is 19.5 Å². The minimum atomic E-state index is -1.30. The van der Waals surface area contributed by atoms with Crippen molar-refractivity contribution in [2.75, 3.05) is 13.2 Å². The molecular weight excluding hydrogens is 442 g/mol. The Balaban J connectivity index is 0.00000512. The molecule has 11 nitrogen and oxygen atoms in total. The predicted molar refractivity (Wildman–Crippen MR) is 119 cm³/mol. The first-order chi connectivity index (χ1) is 14.8. The Hall–Kier alpha value is -2.89. The Labute approximate surface area is 192 Å². The number of hydroxylamine groups is 1. The van der Waals surface area contributed by atoms with Crippen molar-refractivity contribution in [3.05, 3.63) is 35.4 Å². The molecule has 1 aromatic carbocycles. The summed E-state index contributed by atoms with van der Waals surface area (Å²) >= 11 is 0. The number of carbonyl (C=O) groups excluding carboxylic acids is 2. The van der Waals surface area contributed by atoms with Gasteiger partial charge in [0.25, 0.3) is 0 Å². The van der Waals surface area contributed by atoms with Gasteiger partial charge < -0.3 is 26.2 Å². The summed E-state index contributed by atoms with van der Waals surface area (Å²) in [6.45, 7) is 1.87. The van der Waals surface area contributed by atoms with Crippen molar-refractivity contribution in [2.45, 2.75) is 50.8 Å². The van der Waals surface area contributed by atoms with E-state index in [4.69, 9.17) is 20.7 Å². The van der Waals surface area contributed by atoms with Gasteiger partial charge in [0.15, 0.2) is 0 Å². The molecule has 2 amide bonds. The van der Waals surface area contributed by atoms with Crippen LogP contribution < -0.4 is 21.8 Å². The van der Waals surface area contributed by atoms with Crippen LogP contribution in [0.1, 0.15) is 49.8 Å². The molecule has 32 heavy (non-hydrogen) atoms. The summed E-state index contributed by atoms with van der Waals surface area (Å²) in [5.74, 6) is -1.69. The zero-order chi connectivity index (χ0) is 22.8. The number of alkyl carbamates (subject to hydrolysis) is 1. The topological polar surface area (TPSA) is 176 Å². The van der Waals surface area contributed by atoms with Crippen molar-refractivity contribution in [2.24, 2.45) is 5.73 Å². The van der Waals surface area contributed by atoms with Crippen LogP contribution in [0.15, 0.2) is 24.3 Å². The maximum absolute atomic E-state index is 12.2. The number of nitrogen functional groups attached to an aromatic ring is 1. The predicted octanol–water partition coefficient (Wildman–Crippen LogP) is 1.21. The number of carboxylic acid groups (broad SMARTS) is 1. The van der Waals surface area contributed by atoms with Crippen LogP contribution in [0, 0.1) is 5.41 Å². The number of aliphatic carboxylic acids is 1. The number of carbonyl (C=O) groups is 3. The molecule has 1 fully saturated rings. The van der Waals surface area contributed by atoms with Gasteiger partial charge in [0.2, 0.25) is 5.91 Å². The van der Waals surface area contributed by atoms with Gasteiger partial charge in [-0.25, -0.2) is 9.59 Å². The third-order valence-corrected chi connectivity index (χ3v) is 4.74. The van der Waals surface area contributed by atoms with E-state index in [1.54, 1.807) is 12.1 Å². The van der Waals surface area contributed by atoms with Crippen LogP contribution in [0.2, 0.25) is 0 Å². The molecule has 12 heteroatoms. The molecule has 178 valence electrons. The summed E-state index contributed by atoms with van der Waals surface area (Å²) in [7, 11) is 0. The first-order valence-electron chi connectivity index (χ1n) is 10.1. The Morgan fingerprint density at radius 3 is 2.62 bits per heavy atom. The zero-order valence-electron chi connectivity index (χ0n) is 17.8. The smallest absolute Gasteiger partial charge is 0.407 e. The van der Waals surface area contributed by atoms with Crippen molar-refractivity contribution in [3.63, 3.8) is 0 Å². The summed E-state index contributed by atoms with van der Waals surface area (Å²) in [4.78, 5) is 40.6. The highest BCUT2D eigenvalue weighted by Gasteiger charge is 2.29. The average Bonchev–Trinajstić information content (AvgIpc) is 3.19. The number of unbranched alkanes of at least 4 members (excludes halogenated alkanes) is 1. The molecule has 7 N–H and O–H groups in total. The molecule has 3 atom stereocenters. The molecule has 0 saturated carbocycles. The number of carboxylic acids is 1. The second-order valence-corrected chi connectivity index (χ2v) is 7.21. The van der Waals surface area contributed by atoms with Gasteiger partial charge in [0.1, 0.15) is 11.9 Å². The third-order valence-electron chi connectivity index (χ3n) is 4.74. The number of rotatable bonds is 11. The number of amidine groups is 1. The minimum Gasteiger partial charge on any atom is -0.480 e. The Bertz CT molecular complexity index is 791. The van der Waals surface area contributed by atoms with Gasteiger partial charge in [0.05, 0.1) is 25.2 Å². The number of hydrogen-bond acceptors (Lipinski definition) is 7. The number of nitrogens with two attached hydrogens (primary N) is 1. The SMILES string of the molecule is CCCCOC(=O)NC(CNC(=O)C[C@H]1C[C@@H](c2ccc(C(=N)N)cc2)NO1)C(=O)O.Cl. The van der Waals surface area contributed by atoms with E-state index >= 15 is 0 Å². The Kier molecular flexibility index (Phi) is 11.5. The van der Waals surface area contributed by atoms with Gasteiger partial charge in [0, 0.05) is 12.1 Å². The summed E-state index contributed by atoms with van der Waals surface area (Å²) in [5, 5.41) is 21.4. The quantitative estimate of drug-likeness (QED) is 0.158. The average molecular weight is 472 g/mol. The molecule has 1 heterocycles. The number of hydrogen-bond donors (Lipinski definition) is 6. The monoisotopic (exact) mass is 471 g/mol. The number of halogens is 1. The van der Waals surface area contributed by atoms with Crippen molar-refractivity contribution in [1.29, 1.82) is 5.41 Å². The maximum atomic E-state index is 12.2. The normalized spacial score (nSPS) is 18.2. The molecule has 0 aliphatic carbocycles. The second kappa shape index (κ2) is 13.5. The van der Waals surface area contributed by atoms with Gasteiger partial charge in [-0.05, 0) is 18.4 Å². The fraction of sp³-hybridized carbons (Fsp3) is 0.500. The minimum absolute atomic E-state index is 0. The molecule has 0 aromatic heterocycles. The summed E-state index contributed by atoms with van der Waals surface area (Å²) in [6, 6.07) is 5.74. The van der Waals surface area contributed by atoms with Crippen LogP contribution in [0.25, 0.3) is 0 Å². The van der Waals surface area contributed by atoms with Crippen LogP contribution >= 0.6 is 12.4 Å². The maximum Gasteiger partial charge on any atom is 0.407 e. The third kappa shape index (κ3) is 8.69. The lowest BCUT2D eigenvalue weighted by atomic mass is 9.99. The van der Waals surface area contributed by atoms with Crippen LogP contribution in [0.3, 0.4) is 0 Å². The lowest BCUT2D eigenvalue weighted by molar-refractivity contribution is -0.139. The highest BCUT2D eigenvalue weighted by Crippen LogP contribution is 2.27. The number of ether oxygens (including phenoxy) is 1. The first kappa shape index (κ1) is 27.1. The van der Waals surface area contributed by atoms with Gasteiger partial charge in [-0.15, -0.1) is 12.4 Å². The van der Waals surface area contributed by atoms with E-state index in [0.29, 0.717) is 18.4 Å². The van der Waals surface area contributed by atoms with Gasteiger partial charge in [-0.3, -0.25) is 15.0 Å². The lowest BCUT2D eigenvalue weighted by Gasteiger charge is -2.16. The van der Waals surface area contributed by atoms with E-state index in [0.717, 1.165) is 12.0 Å². The summed E-state index contributed by atoms with van der Waals surface area (Å²) in [5.41, 5.74) is 9.88. The fourth-order valence-corrected chi connectivity index (χ4v) is 2.95. The molecule has 1 aromatic rings. The number of nitrogens with one attached hydrogen (secondary N) is 4. The van der Waals surface area contributed by atoms with Crippen molar-refractivity contribution in [3.8, 4) is 0 Å². The fourth-order valence-electron chi connectivity index (χ4n) is 2.95. The van der Waals surface area contributed by atoms with Crippen LogP contribution in [-0.4, -0.2) is 54.2 Å². The van der Waals surface area contributed by atoms with E-state index in [1.807, 2.05) is 19.1 Å². The van der Waals surface area contributed by atoms with E-state index in [-0.39, 0.29) is 43.9 Å². The van der Waals surface area contributed by atoms with Crippen LogP contribution in [-0.2, 0) is 19.2 Å². The standard InChI is InChI=1S/C20H29N5O6.ClH/c1-2-3-8-30-20(29)24-16(19(27)28)11-23-17(26)10-14-9-15(25-31-14)12-4-6-13(7-5-12)18(21)22;/h4-7,14-16,25H,2-3,8-11H2,1H3,(H3,21,22)(H,23,26)(H,24,29)(H,27,28);1H/t14-,15+,16?;/m1./s1. The summed E-state index contributed by atoms with van der Waals surface area (Å²) < 4.78 is 4.88. The summed E-state index contributed by atoms with van der Waals surface area (Å²) in [6.07, 6.45) is 0.859. The molecule has 0 spiro atoms. The van der Waals surface area contributed by atoms with Crippen LogP contribution in [0.5, 0.6) is 0 Å².